The van der Waals surface area contributed by atoms with Crippen molar-refractivity contribution in [1.82, 2.24) is 14.7 Å². The molecule has 1 heterocycles. The van der Waals surface area contributed by atoms with Gasteiger partial charge < -0.3 is 19.4 Å². The Morgan fingerprint density at radius 3 is 2.35 bits per heavy atom. The van der Waals surface area contributed by atoms with Gasteiger partial charge in [-0.3, -0.25) is 14.6 Å². The summed E-state index contributed by atoms with van der Waals surface area (Å²) in [7, 11) is 5.83. The SMILES string of the molecule is C=CN(CC(=O)OC(C)C)C(CCC(=O)N1CCC(N(C)C)CC1)=NC. The average molecular weight is 367 g/mol. The fourth-order valence-electron chi connectivity index (χ4n) is 3.09. The summed E-state index contributed by atoms with van der Waals surface area (Å²) in [5.74, 6) is 0.465. The summed E-state index contributed by atoms with van der Waals surface area (Å²) in [4.78, 5) is 34.4. The first-order valence-electron chi connectivity index (χ1n) is 9.27. The quantitative estimate of drug-likeness (QED) is 0.372. The highest BCUT2D eigenvalue weighted by Gasteiger charge is 2.24. The number of carbonyl (C=O) groups is 2. The predicted molar refractivity (Wildman–Crippen MR) is 104 cm³/mol. The minimum absolute atomic E-state index is 0.0524. The van der Waals surface area contributed by atoms with Crippen LogP contribution in [0, 0.1) is 0 Å². The average Bonchev–Trinajstić information content (AvgIpc) is 2.60. The van der Waals surface area contributed by atoms with Crippen molar-refractivity contribution in [2.24, 2.45) is 4.99 Å². The topological polar surface area (TPSA) is 65.5 Å². The van der Waals surface area contributed by atoms with Gasteiger partial charge in [-0.25, -0.2) is 0 Å². The summed E-state index contributed by atoms with van der Waals surface area (Å²) >= 11 is 0. The maximum atomic E-state index is 12.5. The van der Waals surface area contributed by atoms with E-state index in [-0.39, 0.29) is 24.5 Å². The monoisotopic (exact) mass is 366 g/mol. The second-order valence-corrected chi connectivity index (χ2v) is 7.06. The van der Waals surface area contributed by atoms with Gasteiger partial charge in [0.05, 0.1) is 6.10 Å². The van der Waals surface area contributed by atoms with Gasteiger partial charge in [0.2, 0.25) is 5.91 Å². The molecule has 1 fully saturated rings. The predicted octanol–water partition coefficient (Wildman–Crippen LogP) is 1.74. The number of nitrogens with zero attached hydrogens (tertiary/aromatic N) is 4. The van der Waals surface area contributed by atoms with Crippen LogP contribution in [0.4, 0.5) is 0 Å². The van der Waals surface area contributed by atoms with E-state index in [4.69, 9.17) is 4.74 Å². The second-order valence-electron chi connectivity index (χ2n) is 7.06. The molecule has 0 aromatic rings. The van der Waals surface area contributed by atoms with Crippen LogP contribution in [0.2, 0.25) is 0 Å². The smallest absolute Gasteiger partial charge is 0.326 e. The first-order chi connectivity index (χ1) is 12.3. The standard InChI is InChI=1S/C19H34N4O3/c1-7-22(14-19(25)26-15(2)3)17(20-4)8-9-18(24)23-12-10-16(11-13-23)21(5)6/h7,15-16H,1,8-14H2,2-6H3. The Morgan fingerprint density at radius 2 is 1.88 bits per heavy atom. The minimum atomic E-state index is -0.335. The summed E-state index contributed by atoms with van der Waals surface area (Å²) in [6, 6.07) is 0.551. The van der Waals surface area contributed by atoms with Gasteiger partial charge in [0.1, 0.15) is 12.4 Å². The summed E-state index contributed by atoms with van der Waals surface area (Å²) in [6.45, 7) is 9.01. The molecule has 0 radical (unpaired) electrons. The van der Waals surface area contributed by atoms with E-state index >= 15 is 0 Å². The molecule has 0 aliphatic carbocycles. The van der Waals surface area contributed by atoms with E-state index < -0.39 is 0 Å². The van der Waals surface area contributed by atoms with Crippen molar-refractivity contribution < 1.29 is 14.3 Å². The molecule has 0 aromatic heterocycles. The Labute approximate surface area is 157 Å². The third-order valence-corrected chi connectivity index (χ3v) is 4.59. The van der Waals surface area contributed by atoms with Gasteiger partial charge in [-0.2, -0.15) is 0 Å². The lowest BCUT2D eigenvalue weighted by Gasteiger charge is -2.35. The number of hydrogen-bond donors (Lipinski definition) is 0. The van der Waals surface area contributed by atoms with Crippen LogP contribution >= 0.6 is 0 Å². The zero-order valence-electron chi connectivity index (χ0n) is 16.9. The maximum Gasteiger partial charge on any atom is 0.326 e. The number of amidine groups is 1. The van der Waals surface area contributed by atoms with Gasteiger partial charge in [-0.05, 0) is 47.0 Å². The molecule has 26 heavy (non-hydrogen) atoms. The molecule has 0 saturated carbocycles. The number of hydrogen-bond acceptors (Lipinski definition) is 5. The normalized spacial score (nSPS) is 16.1. The van der Waals surface area contributed by atoms with Crippen molar-refractivity contribution in [2.45, 2.75) is 51.7 Å². The maximum absolute atomic E-state index is 12.5. The van der Waals surface area contributed by atoms with Gasteiger partial charge in [-0.1, -0.05) is 6.58 Å². The molecule has 0 atom stereocenters. The minimum Gasteiger partial charge on any atom is -0.462 e. The van der Waals surface area contributed by atoms with Crippen LogP contribution in [-0.4, -0.2) is 85.3 Å². The number of rotatable bonds is 8. The Morgan fingerprint density at radius 1 is 1.27 bits per heavy atom. The van der Waals surface area contributed by atoms with Gasteiger partial charge in [0.15, 0.2) is 0 Å². The third-order valence-electron chi connectivity index (χ3n) is 4.59. The fraction of sp³-hybridized carbons (Fsp3) is 0.737. The molecular formula is C19H34N4O3. The molecule has 0 bridgehead atoms. The zero-order chi connectivity index (χ0) is 19.7. The molecule has 148 valence electrons. The molecular weight excluding hydrogens is 332 g/mol. The third kappa shape index (κ3) is 7.15. The molecule has 1 rings (SSSR count). The molecule has 1 aliphatic heterocycles. The number of ether oxygens (including phenoxy) is 1. The fourth-order valence-corrected chi connectivity index (χ4v) is 3.09. The molecule has 7 nitrogen and oxygen atoms in total. The molecule has 1 aliphatic rings. The van der Waals surface area contributed by atoms with Crippen LogP contribution in [-0.2, 0) is 14.3 Å². The highest BCUT2D eigenvalue weighted by molar-refractivity contribution is 5.90. The Bertz CT molecular complexity index is 509. The van der Waals surface area contributed by atoms with Crippen molar-refractivity contribution in [3.05, 3.63) is 12.8 Å². The summed E-state index contributed by atoms with van der Waals surface area (Å²) in [5.41, 5.74) is 0. The van der Waals surface area contributed by atoms with E-state index in [0.717, 1.165) is 25.9 Å². The lowest BCUT2D eigenvalue weighted by molar-refractivity contribution is -0.147. The Balaban J connectivity index is 2.50. The number of carbonyl (C=O) groups excluding carboxylic acids is 2. The molecule has 1 amide bonds. The largest absolute Gasteiger partial charge is 0.462 e. The van der Waals surface area contributed by atoms with Crippen LogP contribution in [0.1, 0.15) is 39.5 Å². The van der Waals surface area contributed by atoms with Gasteiger partial charge in [0, 0.05) is 39.0 Å². The number of likely N-dealkylation sites (tertiary alicyclic amines) is 1. The number of amides is 1. The molecule has 1 saturated heterocycles. The van der Waals surface area contributed by atoms with Gasteiger partial charge >= 0.3 is 5.97 Å². The zero-order valence-corrected chi connectivity index (χ0v) is 16.9. The lowest BCUT2D eigenvalue weighted by Crippen LogP contribution is -2.44. The van der Waals surface area contributed by atoms with E-state index in [1.807, 2.05) is 18.7 Å². The number of esters is 1. The van der Waals surface area contributed by atoms with E-state index in [9.17, 15) is 9.59 Å². The first kappa shape index (κ1) is 22.2. The highest BCUT2D eigenvalue weighted by atomic mass is 16.5. The van der Waals surface area contributed by atoms with E-state index in [2.05, 4.69) is 30.6 Å². The van der Waals surface area contributed by atoms with Crippen molar-refractivity contribution in [1.29, 1.82) is 0 Å². The van der Waals surface area contributed by atoms with Crippen LogP contribution in [0.5, 0.6) is 0 Å². The van der Waals surface area contributed by atoms with Crippen molar-refractivity contribution >= 4 is 17.7 Å². The number of aliphatic imine (C=N–C) groups is 1. The highest BCUT2D eigenvalue weighted by Crippen LogP contribution is 2.15. The Hall–Kier alpha value is -1.89. The van der Waals surface area contributed by atoms with E-state index in [1.165, 1.54) is 0 Å². The van der Waals surface area contributed by atoms with Crippen LogP contribution in [0.25, 0.3) is 0 Å². The van der Waals surface area contributed by atoms with Crippen molar-refractivity contribution in [2.75, 3.05) is 40.8 Å². The lowest BCUT2D eigenvalue weighted by atomic mass is 10.0. The summed E-state index contributed by atoms with van der Waals surface area (Å²) in [5, 5.41) is 0. The number of piperidine rings is 1. The van der Waals surface area contributed by atoms with E-state index in [0.29, 0.717) is 24.7 Å². The molecule has 0 aromatic carbocycles. The summed E-state index contributed by atoms with van der Waals surface area (Å²) in [6.07, 6.45) is 4.26. The van der Waals surface area contributed by atoms with Gasteiger partial charge in [-0.15, -0.1) is 0 Å². The first-order valence-corrected chi connectivity index (χ1v) is 9.27. The van der Waals surface area contributed by atoms with Crippen molar-refractivity contribution in [3.8, 4) is 0 Å². The molecule has 0 N–H and O–H groups in total. The van der Waals surface area contributed by atoms with Crippen LogP contribution in [0.3, 0.4) is 0 Å². The van der Waals surface area contributed by atoms with Crippen LogP contribution in [0.15, 0.2) is 17.8 Å². The second kappa shape index (κ2) is 11.0. The van der Waals surface area contributed by atoms with Crippen molar-refractivity contribution in [3.63, 3.8) is 0 Å². The van der Waals surface area contributed by atoms with Gasteiger partial charge in [0.25, 0.3) is 0 Å². The molecule has 7 heteroatoms. The summed E-state index contributed by atoms with van der Waals surface area (Å²) < 4.78 is 5.16. The molecule has 0 spiro atoms. The van der Waals surface area contributed by atoms with E-state index in [1.54, 1.807) is 18.1 Å². The van der Waals surface area contributed by atoms with Crippen LogP contribution < -0.4 is 0 Å². The Kier molecular flexibility index (Phi) is 9.34. The molecule has 0 unspecified atom stereocenters.